The van der Waals surface area contributed by atoms with E-state index >= 15 is 0 Å². The van der Waals surface area contributed by atoms with Crippen LogP contribution in [0.2, 0.25) is 0 Å². The third kappa shape index (κ3) is 2.79. The van der Waals surface area contributed by atoms with Gasteiger partial charge in [-0.05, 0) is 37.1 Å². The fourth-order valence-electron chi connectivity index (χ4n) is 3.16. The highest BCUT2D eigenvalue weighted by Gasteiger charge is 2.13. The van der Waals surface area contributed by atoms with Gasteiger partial charge in [0.25, 0.3) is 5.56 Å². The highest BCUT2D eigenvalue weighted by molar-refractivity contribution is 5.77. The minimum Gasteiger partial charge on any atom is -0.305 e. The van der Waals surface area contributed by atoms with Gasteiger partial charge in [-0.3, -0.25) is 14.6 Å². The number of aryl methyl sites for hydroxylation is 2. The molecule has 6 nitrogen and oxygen atoms in total. The second kappa shape index (κ2) is 6.22. The van der Waals surface area contributed by atoms with Gasteiger partial charge in [-0.15, -0.1) is 0 Å². The summed E-state index contributed by atoms with van der Waals surface area (Å²) in [6, 6.07) is 15.1. The average Bonchev–Trinajstić information content (AvgIpc) is 2.66. The van der Waals surface area contributed by atoms with Gasteiger partial charge >= 0.3 is 0 Å². The fraction of sp³-hybridized carbons (Fsp3) is 0.143. The van der Waals surface area contributed by atoms with Crippen LogP contribution in [0.15, 0.2) is 53.5 Å². The molecule has 3 aromatic heterocycles. The van der Waals surface area contributed by atoms with Crippen LogP contribution in [0.4, 0.5) is 0 Å². The van der Waals surface area contributed by atoms with E-state index in [1.165, 1.54) is 10.5 Å². The van der Waals surface area contributed by atoms with Gasteiger partial charge in [0.1, 0.15) is 22.9 Å². The van der Waals surface area contributed by atoms with E-state index < -0.39 is 0 Å². The summed E-state index contributed by atoms with van der Waals surface area (Å²) < 4.78 is 3.11. The van der Waals surface area contributed by atoms with Crippen LogP contribution in [-0.4, -0.2) is 14.0 Å². The molecule has 3 heterocycles. The highest BCUT2D eigenvalue weighted by atomic mass is 16.1. The Morgan fingerprint density at radius 1 is 1.11 bits per heavy atom. The fourth-order valence-corrected chi connectivity index (χ4v) is 3.16. The van der Waals surface area contributed by atoms with E-state index in [1.54, 1.807) is 16.8 Å². The van der Waals surface area contributed by atoms with Crippen molar-refractivity contribution in [3.05, 3.63) is 86.8 Å². The zero-order chi connectivity index (χ0) is 19.1. The predicted molar refractivity (Wildman–Crippen MR) is 103 cm³/mol. The molecule has 0 fully saturated rings. The second-order valence-corrected chi connectivity index (χ2v) is 6.68. The average molecular weight is 355 g/mol. The smallest absolute Gasteiger partial charge is 0.267 e. The summed E-state index contributed by atoms with van der Waals surface area (Å²) in [5.74, 6) is 0. The molecule has 0 bridgehead atoms. The molecule has 0 radical (unpaired) electrons. The zero-order valence-corrected chi connectivity index (χ0v) is 15.0. The predicted octanol–water partition coefficient (Wildman–Crippen LogP) is 2.67. The summed E-state index contributed by atoms with van der Waals surface area (Å²) >= 11 is 0. The number of benzene rings is 1. The summed E-state index contributed by atoms with van der Waals surface area (Å²) in [5, 5.41) is 18.2. The molecule has 0 unspecified atom stereocenters. The van der Waals surface area contributed by atoms with Crippen LogP contribution in [0.3, 0.4) is 0 Å². The normalized spacial score (nSPS) is 11.0. The van der Waals surface area contributed by atoms with Gasteiger partial charge in [0.05, 0.1) is 17.5 Å². The van der Waals surface area contributed by atoms with Gasteiger partial charge in [0, 0.05) is 6.20 Å². The Morgan fingerprint density at radius 3 is 2.52 bits per heavy atom. The number of nitrogens with zero attached hydrogens (tertiary/aromatic N) is 4. The van der Waals surface area contributed by atoms with Gasteiger partial charge in [0.2, 0.25) is 0 Å². The number of fused-ring (bicyclic) bond motifs is 2. The Hall–Kier alpha value is -3.72. The number of nitriles is 1. The van der Waals surface area contributed by atoms with Crippen LogP contribution >= 0.6 is 0 Å². The van der Waals surface area contributed by atoms with Crippen LogP contribution in [0, 0.1) is 30.6 Å². The maximum Gasteiger partial charge on any atom is 0.267 e. The van der Waals surface area contributed by atoms with Crippen molar-refractivity contribution in [3.8, 4) is 6.07 Å². The van der Waals surface area contributed by atoms with Crippen molar-refractivity contribution >= 4 is 16.7 Å². The number of nitrogens with one attached hydrogen (secondary N) is 1. The van der Waals surface area contributed by atoms with Crippen molar-refractivity contribution in [2.45, 2.75) is 20.4 Å². The van der Waals surface area contributed by atoms with Crippen LogP contribution in [0.5, 0.6) is 0 Å². The van der Waals surface area contributed by atoms with Gasteiger partial charge in [-0.1, -0.05) is 35.9 Å². The highest BCUT2D eigenvalue weighted by Crippen LogP contribution is 2.13. The molecular weight excluding hydrogens is 338 g/mol. The van der Waals surface area contributed by atoms with E-state index in [4.69, 9.17) is 5.41 Å². The van der Waals surface area contributed by atoms with E-state index in [0.717, 1.165) is 16.7 Å². The lowest BCUT2D eigenvalue weighted by molar-refractivity contribution is 0.749. The molecule has 27 heavy (non-hydrogen) atoms. The summed E-state index contributed by atoms with van der Waals surface area (Å²) in [6.45, 7) is 4.27. The SMILES string of the molecule is Cc1ccc(Cn2c(=N)c(C#N)cc3c(=O)n4cc(C)ccc4nc32)cc1. The van der Waals surface area contributed by atoms with Crippen molar-refractivity contribution in [1.29, 1.82) is 10.7 Å². The summed E-state index contributed by atoms with van der Waals surface area (Å²) in [4.78, 5) is 17.6. The topological polar surface area (TPSA) is 86.9 Å². The Labute approximate surface area is 155 Å². The van der Waals surface area contributed by atoms with Crippen molar-refractivity contribution < 1.29 is 0 Å². The molecule has 0 aliphatic carbocycles. The molecule has 0 aliphatic rings. The molecule has 4 aromatic rings. The summed E-state index contributed by atoms with van der Waals surface area (Å²) in [7, 11) is 0. The number of rotatable bonds is 2. The van der Waals surface area contributed by atoms with Gasteiger partial charge in [0.15, 0.2) is 0 Å². The monoisotopic (exact) mass is 355 g/mol. The number of aromatic nitrogens is 3. The minimum absolute atomic E-state index is 0.0499. The van der Waals surface area contributed by atoms with Gasteiger partial charge in [-0.2, -0.15) is 5.26 Å². The Bertz CT molecular complexity index is 1350. The molecule has 0 saturated carbocycles. The number of hydrogen-bond acceptors (Lipinski definition) is 4. The summed E-state index contributed by atoms with van der Waals surface area (Å²) in [5.41, 5.74) is 3.94. The van der Waals surface area contributed by atoms with Crippen LogP contribution < -0.4 is 11.0 Å². The zero-order valence-electron chi connectivity index (χ0n) is 15.0. The van der Waals surface area contributed by atoms with E-state index in [0.29, 0.717) is 23.2 Å². The van der Waals surface area contributed by atoms with Crippen molar-refractivity contribution in [1.82, 2.24) is 14.0 Å². The molecule has 132 valence electrons. The Balaban J connectivity index is 2.08. The molecule has 0 spiro atoms. The van der Waals surface area contributed by atoms with E-state index in [1.807, 2.05) is 50.2 Å². The van der Waals surface area contributed by atoms with Crippen LogP contribution in [-0.2, 0) is 6.54 Å². The maximum atomic E-state index is 13.0. The van der Waals surface area contributed by atoms with Crippen molar-refractivity contribution in [2.75, 3.05) is 0 Å². The molecule has 4 rings (SSSR count). The molecule has 1 aromatic carbocycles. The molecule has 0 amide bonds. The molecular formula is C21H17N5O. The molecule has 0 atom stereocenters. The van der Waals surface area contributed by atoms with Crippen LogP contribution in [0.1, 0.15) is 22.3 Å². The maximum absolute atomic E-state index is 13.0. The van der Waals surface area contributed by atoms with E-state index in [-0.39, 0.29) is 16.6 Å². The first-order valence-corrected chi connectivity index (χ1v) is 8.55. The van der Waals surface area contributed by atoms with Crippen LogP contribution in [0.25, 0.3) is 16.7 Å². The number of hydrogen-bond donors (Lipinski definition) is 1. The minimum atomic E-state index is -0.243. The van der Waals surface area contributed by atoms with E-state index in [2.05, 4.69) is 4.98 Å². The van der Waals surface area contributed by atoms with Crippen molar-refractivity contribution in [2.24, 2.45) is 0 Å². The molecule has 1 N–H and O–H groups in total. The molecule has 6 heteroatoms. The van der Waals surface area contributed by atoms with Gasteiger partial charge < -0.3 is 4.57 Å². The standard InChI is InChI=1S/C21H17N5O/c1-13-3-6-15(7-4-13)12-26-19(23)16(10-22)9-17-20(26)24-18-8-5-14(2)11-25(18)21(17)27/h3-9,11,23H,12H2,1-2H3. The lowest BCUT2D eigenvalue weighted by atomic mass is 10.1. The third-order valence-corrected chi connectivity index (χ3v) is 4.64. The molecule has 0 aliphatic heterocycles. The quantitative estimate of drug-likeness (QED) is 0.561. The number of pyridine rings is 2. The van der Waals surface area contributed by atoms with E-state index in [9.17, 15) is 10.1 Å². The Morgan fingerprint density at radius 2 is 1.81 bits per heavy atom. The lowest BCUT2D eigenvalue weighted by Gasteiger charge is -2.13. The first-order valence-electron chi connectivity index (χ1n) is 8.55. The first kappa shape index (κ1) is 16.7. The Kier molecular flexibility index (Phi) is 3.85. The second-order valence-electron chi connectivity index (χ2n) is 6.68. The largest absolute Gasteiger partial charge is 0.305 e. The molecule has 0 saturated heterocycles. The lowest BCUT2D eigenvalue weighted by Crippen LogP contribution is -2.28. The first-order chi connectivity index (χ1) is 13.0. The van der Waals surface area contributed by atoms with Crippen molar-refractivity contribution in [3.63, 3.8) is 0 Å². The third-order valence-electron chi connectivity index (χ3n) is 4.64. The summed E-state index contributed by atoms with van der Waals surface area (Å²) in [6.07, 6.45) is 1.73. The van der Waals surface area contributed by atoms with Gasteiger partial charge in [-0.25, -0.2) is 4.98 Å².